The summed E-state index contributed by atoms with van der Waals surface area (Å²) < 4.78 is 7.41. The summed E-state index contributed by atoms with van der Waals surface area (Å²) in [5, 5.41) is 20.0. The van der Waals surface area contributed by atoms with Gasteiger partial charge in [-0.05, 0) is 6.07 Å². The first-order valence-electron chi connectivity index (χ1n) is 8.40. The fourth-order valence-electron chi connectivity index (χ4n) is 3.35. The zero-order valence-corrected chi connectivity index (χ0v) is 14.4. The molecule has 10 heteroatoms. The van der Waals surface area contributed by atoms with Crippen molar-refractivity contribution < 1.29 is 29.3 Å². The number of nitrogens with zero attached hydrogens (tertiary/aromatic N) is 4. The van der Waals surface area contributed by atoms with Crippen LogP contribution in [0.2, 0.25) is 0 Å². The predicted molar refractivity (Wildman–Crippen MR) is 89.4 cm³/mol. The predicted octanol–water partition coefficient (Wildman–Crippen LogP) is -0.782. The van der Waals surface area contributed by atoms with Crippen molar-refractivity contribution in [3.05, 3.63) is 18.5 Å². The molecule has 0 spiro atoms. The highest BCUT2D eigenvalue weighted by molar-refractivity contribution is 5.76. The molecule has 2 atom stereocenters. The summed E-state index contributed by atoms with van der Waals surface area (Å²) in [6, 6.07) is 1.76. The Kier molecular flexibility index (Phi) is 7.54. The van der Waals surface area contributed by atoms with Crippen LogP contribution in [-0.4, -0.2) is 93.6 Å². The SMILES string of the molecule is O=C(O)CN1C[C@@H]2COC[C@H](C1)N(C(=O)CCn1cccn1)C2.O=CO. The van der Waals surface area contributed by atoms with Crippen molar-refractivity contribution in [2.24, 2.45) is 5.92 Å². The maximum absolute atomic E-state index is 12.6. The quantitative estimate of drug-likeness (QED) is 0.648. The Balaban J connectivity index is 0.000000758. The van der Waals surface area contributed by atoms with Crippen LogP contribution < -0.4 is 0 Å². The van der Waals surface area contributed by atoms with E-state index in [0.29, 0.717) is 45.8 Å². The molecule has 10 nitrogen and oxygen atoms in total. The smallest absolute Gasteiger partial charge is 0.317 e. The Bertz CT molecular complexity index is 594. The minimum Gasteiger partial charge on any atom is -0.483 e. The van der Waals surface area contributed by atoms with E-state index < -0.39 is 5.97 Å². The van der Waals surface area contributed by atoms with E-state index in [0.717, 1.165) is 0 Å². The standard InChI is InChI=1S/C15H22N4O4.CH2O2/c20-14(2-5-18-4-1-3-16-18)19-7-12-6-17(9-15(21)22)8-13(19)11-23-10-12;2-1-3/h1,3-4,12-13H,2,5-11H2,(H,21,22);1H,(H,2,3)/t12-,13-;/m0./s1. The van der Waals surface area contributed by atoms with Crippen molar-refractivity contribution >= 4 is 18.3 Å². The van der Waals surface area contributed by atoms with Gasteiger partial charge in [0.1, 0.15) is 0 Å². The van der Waals surface area contributed by atoms with Gasteiger partial charge in [0.15, 0.2) is 0 Å². The summed E-state index contributed by atoms with van der Waals surface area (Å²) in [5.74, 6) is -0.587. The van der Waals surface area contributed by atoms with E-state index in [4.69, 9.17) is 19.7 Å². The van der Waals surface area contributed by atoms with E-state index in [1.54, 1.807) is 10.9 Å². The maximum atomic E-state index is 12.6. The molecule has 0 saturated carbocycles. The normalized spacial score (nSPS) is 22.7. The molecule has 2 bridgehead atoms. The second-order valence-electron chi connectivity index (χ2n) is 6.32. The molecular formula is C16H24N4O6. The van der Waals surface area contributed by atoms with Gasteiger partial charge in [-0.15, -0.1) is 0 Å². The lowest BCUT2D eigenvalue weighted by molar-refractivity contribution is -0.138. The number of carbonyl (C=O) groups is 3. The van der Waals surface area contributed by atoms with Crippen LogP contribution >= 0.6 is 0 Å². The highest BCUT2D eigenvalue weighted by atomic mass is 16.5. The molecule has 1 aromatic rings. The lowest BCUT2D eigenvalue weighted by atomic mass is 10.1. The molecule has 2 aliphatic rings. The Morgan fingerprint density at radius 3 is 2.69 bits per heavy atom. The molecule has 3 heterocycles. The zero-order chi connectivity index (χ0) is 18.9. The third-order valence-corrected chi connectivity index (χ3v) is 4.34. The minimum atomic E-state index is -0.831. The van der Waals surface area contributed by atoms with Crippen molar-refractivity contribution in [2.75, 3.05) is 39.4 Å². The number of ether oxygens (including phenoxy) is 1. The van der Waals surface area contributed by atoms with E-state index in [1.807, 2.05) is 22.1 Å². The molecule has 3 rings (SSSR count). The van der Waals surface area contributed by atoms with E-state index in [9.17, 15) is 9.59 Å². The Hall–Kier alpha value is -2.46. The number of hydrogen-bond donors (Lipinski definition) is 2. The number of fused-ring (bicyclic) bond motifs is 3. The molecule has 144 valence electrons. The Labute approximate surface area is 150 Å². The Morgan fingerprint density at radius 1 is 1.27 bits per heavy atom. The molecule has 2 fully saturated rings. The summed E-state index contributed by atoms with van der Waals surface area (Å²) in [5.41, 5.74) is 0. The van der Waals surface area contributed by atoms with Gasteiger partial charge < -0.3 is 19.8 Å². The molecule has 2 aliphatic heterocycles. The molecule has 26 heavy (non-hydrogen) atoms. The van der Waals surface area contributed by atoms with Gasteiger partial charge in [-0.25, -0.2) is 0 Å². The van der Waals surface area contributed by atoms with Crippen LogP contribution in [0.3, 0.4) is 0 Å². The summed E-state index contributed by atoms with van der Waals surface area (Å²) in [6.45, 7) is 3.22. The lowest BCUT2D eigenvalue weighted by Gasteiger charge is -2.30. The van der Waals surface area contributed by atoms with Crippen LogP contribution in [0.4, 0.5) is 0 Å². The maximum Gasteiger partial charge on any atom is 0.317 e. The average molecular weight is 368 g/mol. The first-order chi connectivity index (χ1) is 12.5. The first-order valence-corrected chi connectivity index (χ1v) is 8.40. The number of aliphatic carboxylic acids is 1. The third-order valence-electron chi connectivity index (χ3n) is 4.34. The molecule has 1 aromatic heterocycles. The van der Waals surface area contributed by atoms with Gasteiger partial charge in [-0.2, -0.15) is 5.10 Å². The van der Waals surface area contributed by atoms with Gasteiger partial charge >= 0.3 is 5.97 Å². The van der Waals surface area contributed by atoms with Crippen LogP contribution in [0, 0.1) is 5.92 Å². The van der Waals surface area contributed by atoms with Gasteiger partial charge in [-0.1, -0.05) is 0 Å². The van der Waals surface area contributed by atoms with Crippen LogP contribution in [0.1, 0.15) is 6.42 Å². The van der Waals surface area contributed by atoms with Crippen LogP contribution in [-0.2, 0) is 25.7 Å². The van der Waals surface area contributed by atoms with Gasteiger partial charge in [0.2, 0.25) is 5.91 Å². The van der Waals surface area contributed by atoms with E-state index >= 15 is 0 Å². The third kappa shape index (κ3) is 5.81. The summed E-state index contributed by atoms with van der Waals surface area (Å²) in [7, 11) is 0. The molecule has 2 saturated heterocycles. The largest absolute Gasteiger partial charge is 0.483 e. The number of carbonyl (C=O) groups excluding carboxylic acids is 1. The first kappa shape index (κ1) is 19.9. The van der Waals surface area contributed by atoms with Gasteiger partial charge in [0, 0.05) is 50.9 Å². The summed E-state index contributed by atoms with van der Waals surface area (Å²) >= 11 is 0. The molecule has 2 N–H and O–H groups in total. The van der Waals surface area contributed by atoms with Crippen LogP contribution in [0.5, 0.6) is 0 Å². The van der Waals surface area contributed by atoms with Crippen molar-refractivity contribution in [3.8, 4) is 0 Å². The number of rotatable bonds is 5. The number of aromatic nitrogens is 2. The average Bonchev–Trinajstić information content (AvgIpc) is 2.93. The van der Waals surface area contributed by atoms with Gasteiger partial charge in [0.25, 0.3) is 6.47 Å². The van der Waals surface area contributed by atoms with Gasteiger partial charge in [0.05, 0.1) is 25.8 Å². The monoisotopic (exact) mass is 368 g/mol. The number of carboxylic acid groups (broad SMARTS) is 2. The van der Waals surface area contributed by atoms with Crippen molar-refractivity contribution in [3.63, 3.8) is 0 Å². The van der Waals surface area contributed by atoms with Crippen LogP contribution in [0.25, 0.3) is 0 Å². The van der Waals surface area contributed by atoms with Gasteiger partial charge in [-0.3, -0.25) is 24.0 Å². The minimum absolute atomic E-state index is 0.0162. The van der Waals surface area contributed by atoms with E-state index in [-0.39, 0.29) is 30.9 Å². The topological polar surface area (TPSA) is 125 Å². The molecule has 0 aliphatic carbocycles. The van der Waals surface area contributed by atoms with Crippen molar-refractivity contribution in [2.45, 2.75) is 19.0 Å². The zero-order valence-electron chi connectivity index (χ0n) is 14.4. The van der Waals surface area contributed by atoms with E-state index in [1.165, 1.54) is 0 Å². The number of aryl methyl sites for hydroxylation is 1. The Morgan fingerprint density at radius 2 is 2.04 bits per heavy atom. The fourth-order valence-corrected chi connectivity index (χ4v) is 3.35. The molecule has 0 aromatic carbocycles. The summed E-state index contributed by atoms with van der Waals surface area (Å²) in [4.78, 5) is 35.8. The number of carboxylic acids is 1. The lowest BCUT2D eigenvalue weighted by Crippen LogP contribution is -2.47. The van der Waals surface area contributed by atoms with Crippen molar-refractivity contribution in [1.29, 1.82) is 0 Å². The van der Waals surface area contributed by atoms with E-state index in [2.05, 4.69) is 5.10 Å². The highest BCUT2D eigenvalue weighted by Gasteiger charge is 2.35. The number of amides is 1. The summed E-state index contributed by atoms with van der Waals surface area (Å²) in [6.07, 6.45) is 3.93. The molecule has 0 unspecified atom stereocenters. The molecule has 1 amide bonds. The highest BCUT2D eigenvalue weighted by Crippen LogP contribution is 2.20. The molecular weight excluding hydrogens is 344 g/mol. The second kappa shape index (κ2) is 9.88. The number of hydrogen-bond acceptors (Lipinski definition) is 6. The van der Waals surface area contributed by atoms with Crippen LogP contribution in [0.15, 0.2) is 18.5 Å². The fraction of sp³-hybridized carbons (Fsp3) is 0.625. The molecule has 0 radical (unpaired) electrons. The second-order valence-corrected chi connectivity index (χ2v) is 6.32. The van der Waals surface area contributed by atoms with Crippen molar-refractivity contribution in [1.82, 2.24) is 19.6 Å².